The molecule has 1 N–H and O–H groups in total. The van der Waals surface area contributed by atoms with Crippen molar-refractivity contribution >= 4 is 38.9 Å². The summed E-state index contributed by atoms with van der Waals surface area (Å²) in [7, 11) is -2.74. The van der Waals surface area contributed by atoms with E-state index in [1.807, 2.05) is 0 Å². The van der Waals surface area contributed by atoms with Crippen LogP contribution in [0.25, 0.3) is 0 Å². The number of nitrogens with zero attached hydrogens (tertiary/aromatic N) is 1. The predicted molar refractivity (Wildman–Crippen MR) is 102 cm³/mol. The minimum Gasteiger partial charge on any atom is -0.465 e. The number of nitrogens with one attached hydrogen (secondary N) is 1. The highest BCUT2D eigenvalue weighted by Gasteiger charge is 2.33. The van der Waals surface area contributed by atoms with Crippen LogP contribution in [0.3, 0.4) is 0 Å². The average molecular weight is 444 g/mol. The number of anilines is 1. The number of rotatable bonds is 5. The van der Waals surface area contributed by atoms with E-state index >= 15 is 0 Å². The molecule has 1 aliphatic rings. The molecule has 1 aromatic carbocycles. The minimum atomic E-state index is -3.99. The quantitative estimate of drug-likeness (QED) is 0.716. The van der Waals surface area contributed by atoms with Crippen molar-refractivity contribution < 1.29 is 31.5 Å². The number of carbonyl (C=O) groups excluding carboxylic acids is 2. The molecule has 0 spiro atoms. The summed E-state index contributed by atoms with van der Waals surface area (Å²) in [6.45, 7) is 0.125. The first-order valence-corrected chi connectivity index (χ1v) is 11.0. The van der Waals surface area contributed by atoms with Gasteiger partial charge in [-0.25, -0.2) is 22.0 Å². The molecular formula is C18H18F2N2O5S2. The molecule has 1 saturated heterocycles. The molecular weight excluding hydrogens is 426 g/mol. The lowest BCUT2D eigenvalue weighted by atomic mass is 9.97. The SMILES string of the molecule is COC(=O)c1sccc1NC(=O)C1CCN(S(=O)(=O)c2ccc(F)c(F)c2)CC1. The lowest BCUT2D eigenvalue weighted by Gasteiger charge is -2.30. The fourth-order valence-electron chi connectivity index (χ4n) is 3.04. The number of halogens is 2. The van der Waals surface area contributed by atoms with Crippen LogP contribution in [0.1, 0.15) is 22.5 Å². The number of piperidine rings is 1. The van der Waals surface area contributed by atoms with Crippen LogP contribution in [0.4, 0.5) is 14.5 Å². The Bertz CT molecular complexity index is 1030. The number of carbonyl (C=O) groups is 2. The molecule has 1 fully saturated rings. The first-order valence-electron chi connectivity index (χ1n) is 8.66. The number of benzene rings is 1. The molecule has 0 aliphatic carbocycles. The smallest absolute Gasteiger partial charge is 0.350 e. The number of esters is 1. The highest BCUT2D eigenvalue weighted by Crippen LogP contribution is 2.28. The summed E-state index contributed by atoms with van der Waals surface area (Å²) in [4.78, 5) is 24.2. The van der Waals surface area contributed by atoms with Gasteiger partial charge in [0.2, 0.25) is 15.9 Å². The Kier molecular flexibility index (Phi) is 6.30. The van der Waals surface area contributed by atoms with E-state index in [-0.39, 0.29) is 41.6 Å². The number of methoxy groups -OCH3 is 1. The minimum absolute atomic E-state index is 0.0624. The molecule has 11 heteroatoms. The van der Waals surface area contributed by atoms with Crippen LogP contribution in [0.5, 0.6) is 0 Å². The normalized spacial score (nSPS) is 15.8. The van der Waals surface area contributed by atoms with E-state index in [0.29, 0.717) is 11.8 Å². The molecule has 7 nitrogen and oxygen atoms in total. The van der Waals surface area contributed by atoms with Crippen LogP contribution >= 0.6 is 11.3 Å². The summed E-state index contributed by atoms with van der Waals surface area (Å²) in [5.41, 5.74) is 0.351. The van der Waals surface area contributed by atoms with Crippen LogP contribution in [0.15, 0.2) is 34.5 Å². The highest BCUT2D eigenvalue weighted by molar-refractivity contribution is 7.89. The Morgan fingerprint density at radius 2 is 1.86 bits per heavy atom. The third-order valence-corrected chi connectivity index (χ3v) is 7.44. The summed E-state index contributed by atoms with van der Waals surface area (Å²) in [6, 6.07) is 4.02. The molecule has 2 aromatic rings. The van der Waals surface area contributed by atoms with Gasteiger partial charge in [-0.3, -0.25) is 4.79 Å². The Morgan fingerprint density at radius 3 is 2.48 bits per heavy atom. The molecule has 1 aliphatic heterocycles. The van der Waals surface area contributed by atoms with Gasteiger partial charge < -0.3 is 10.1 Å². The van der Waals surface area contributed by atoms with Crippen molar-refractivity contribution in [3.05, 3.63) is 46.2 Å². The number of sulfonamides is 1. The molecule has 0 bridgehead atoms. The summed E-state index contributed by atoms with van der Waals surface area (Å²) in [6.07, 6.45) is 0.513. The Morgan fingerprint density at radius 1 is 1.17 bits per heavy atom. The second kappa shape index (κ2) is 8.56. The number of ether oxygens (including phenoxy) is 1. The maximum Gasteiger partial charge on any atom is 0.350 e. The highest BCUT2D eigenvalue weighted by atomic mass is 32.2. The van der Waals surface area contributed by atoms with Crippen molar-refractivity contribution in [2.24, 2.45) is 5.92 Å². The third-order valence-electron chi connectivity index (χ3n) is 4.65. The largest absolute Gasteiger partial charge is 0.465 e. The zero-order valence-electron chi connectivity index (χ0n) is 15.4. The molecule has 0 atom stereocenters. The molecule has 2 heterocycles. The average Bonchev–Trinajstić information content (AvgIpc) is 3.17. The molecule has 0 unspecified atom stereocenters. The van der Waals surface area contributed by atoms with Crippen LogP contribution in [-0.2, 0) is 19.6 Å². The van der Waals surface area contributed by atoms with Gasteiger partial charge in [0.05, 0.1) is 17.7 Å². The lowest BCUT2D eigenvalue weighted by Crippen LogP contribution is -2.41. The van der Waals surface area contributed by atoms with E-state index in [4.69, 9.17) is 0 Å². The monoisotopic (exact) mass is 444 g/mol. The fraction of sp³-hybridized carbons (Fsp3) is 0.333. The van der Waals surface area contributed by atoms with E-state index in [9.17, 15) is 26.8 Å². The molecule has 3 rings (SSSR count). The Hall–Kier alpha value is -2.37. The van der Waals surface area contributed by atoms with E-state index in [1.165, 1.54) is 7.11 Å². The lowest BCUT2D eigenvalue weighted by molar-refractivity contribution is -0.120. The maximum atomic E-state index is 13.4. The topological polar surface area (TPSA) is 92.8 Å². The van der Waals surface area contributed by atoms with Crippen LogP contribution in [0.2, 0.25) is 0 Å². The van der Waals surface area contributed by atoms with Crippen LogP contribution in [-0.4, -0.2) is 44.8 Å². The van der Waals surface area contributed by atoms with Gasteiger partial charge in [0.1, 0.15) is 4.88 Å². The molecule has 1 amide bonds. The van der Waals surface area contributed by atoms with Gasteiger partial charge in [0, 0.05) is 19.0 Å². The van der Waals surface area contributed by atoms with E-state index in [0.717, 1.165) is 27.8 Å². The van der Waals surface area contributed by atoms with Crippen LogP contribution < -0.4 is 5.32 Å². The Labute approximate surface area is 170 Å². The van der Waals surface area contributed by atoms with Crippen LogP contribution in [0, 0.1) is 17.6 Å². The van der Waals surface area contributed by atoms with Gasteiger partial charge in [-0.05, 0) is 42.5 Å². The zero-order valence-corrected chi connectivity index (χ0v) is 17.0. The van der Waals surface area contributed by atoms with Gasteiger partial charge >= 0.3 is 5.97 Å². The fourth-order valence-corrected chi connectivity index (χ4v) is 5.29. The first-order chi connectivity index (χ1) is 13.7. The van der Waals surface area contributed by atoms with Crippen molar-refractivity contribution in [3.8, 4) is 0 Å². The van der Waals surface area contributed by atoms with E-state index in [1.54, 1.807) is 11.4 Å². The van der Waals surface area contributed by atoms with Gasteiger partial charge in [-0.1, -0.05) is 0 Å². The third kappa shape index (κ3) is 4.46. The molecule has 0 saturated carbocycles. The number of thiophene rings is 1. The summed E-state index contributed by atoms with van der Waals surface area (Å²) in [5.74, 6) is -3.69. The molecule has 156 valence electrons. The number of hydrogen-bond acceptors (Lipinski definition) is 6. The van der Waals surface area contributed by atoms with Gasteiger partial charge in [-0.2, -0.15) is 4.31 Å². The maximum absolute atomic E-state index is 13.4. The summed E-state index contributed by atoms with van der Waals surface area (Å²) < 4.78 is 57.5. The summed E-state index contributed by atoms with van der Waals surface area (Å²) in [5, 5.41) is 4.34. The molecule has 29 heavy (non-hydrogen) atoms. The second-order valence-electron chi connectivity index (χ2n) is 6.40. The van der Waals surface area contributed by atoms with Gasteiger partial charge in [0.15, 0.2) is 11.6 Å². The van der Waals surface area contributed by atoms with Crippen molar-refractivity contribution in [2.75, 3.05) is 25.5 Å². The van der Waals surface area contributed by atoms with Gasteiger partial charge in [-0.15, -0.1) is 11.3 Å². The Balaban J connectivity index is 1.64. The second-order valence-corrected chi connectivity index (χ2v) is 9.25. The molecule has 0 radical (unpaired) electrons. The van der Waals surface area contributed by atoms with E-state index < -0.39 is 33.5 Å². The summed E-state index contributed by atoms with van der Waals surface area (Å²) >= 11 is 1.14. The number of hydrogen-bond donors (Lipinski definition) is 1. The van der Waals surface area contributed by atoms with Crippen molar-refractivity contribution in [3.63, 3.8) is 0 Å². The van der Waals surface area contributed by atoms with Crippen molar-refractivity contribution in [1.29, 1.82) is 0 Å². The number of amides is 1. The van der Waals surface area contributed by atoms with Crippen molar-refractivity contribution in [2.45, 2.75) is 17.7 Å². The van der Waals surface area contributed by atoms with E-state index in [2.05, 4.69) is 10.1 Å². The van der Waals surface area contributed by atoms with Gasteiger partial charge in [0.25, 0.3) is 0 Å². The first kappa shape index (κ1) is 21.3. The molecule has 1 aromatic heterocycles. The van der Waals surface area contributed by atoms with Crippen molar-refractivity contribution in [1.82, 2.24) is 4.31 Å². The predicted octanol–water partition coefficient (Wildman–Crippen LogP) is 2.85. The standard InChI is InChI=1S/C18H18F2N2O5S2/c1-27-18(24)16-15(6-9-28-16)21-17(23)11-4-7-22(8-5-11)29(25,26)12-2-3-13(19)14(20)10-12/h2-3,6,9-11H,4-5,7-8H2,1H3,(H,21,23). The zero-order chi connectivity index (χ0) is 21.2.